The molecule has 0 saturated carbocycles. The Bertz CT molecular complexity index is 1210. The third kappa shape index (κ3) is 3.78. The number of amides is 1. The molecule has 5 nitrogen and oxygen atoms in total. The topological polar surface area (TPSA) is 51.7 Å². The van der Waals surface area contributed by atoms with Gasteiger partial charge in [-0.2, -0.15) is 0 Å². The first-order valence-electron chi connectivity index (χ1n) is 9.47. The van der Waals surface area contributed by atoms with Crippen LogP contribution >= 0.6 is 27.3 Å². The normalized spacial score (nSPS) is 15.2. The number of anilines is 1. The van der Waals surface area contributed by atoms with Crippen molar-refractivity contribution in [1.29, 1.82) is 0 Å². The van der Waals surface area contributed by atoms with Crippen LogP contribution in [0.2, 0.25) is 0 Å². The summed E-state index contributed by atoms with van der Waals surface area (Å²) in [6.45, 7) is 0.569. The van der Waals surface area contributed by atoms with Crippen molar-refractivity contribution < 1.29 is 14.3 Å². The van der Waals surface area contributed by atoms with Gasteiger partial charge in [-0.1, -0.05) is 69.7 Å². The van der Waals surface area contributed by atoms with Crippen molar-refractivity contribution in [2.75, 3.05) is 11.5 Å². The Hall–Kier alpha value is -2.90. The van der Waals surface area contributed by atoms with Gasteiger partial charge < -0.3 is 9.47 Å². The zero-order valence-corrected chi connectivity index (χ0v) is 18.2. The van der Waals surface area contributed by atoms with E-state index < -0.39 is 6.10 Å². The maximum absolute atomic E-state index is 13.5. The molecule has 0 N–H and O–H groups in total. The summed E-state index contributed by atoms with van der Waals surface area (Å²) >= 11 is 4.99. The van der Waals surface area contributed by atoms with Crippen molar-refractivity contribution in [2.24, 2.45) is 0 Å². The Morgan fingerprint density at radius 3 is 2.67 bits per heavy atom. The summed E-state index contributed by atoms with van der Waals surface area (Å²) in [5, 5.41) is 0.638. The highest BCUT2D eigenvalue weighted by atomic mass is 79.9. The molecule has 0 aliphatic carbocycles. The molecule has 7 heteroatoms. The zero-order chi connectivity index (χ0) is 20.5. The van der Waals surface area contributed by atoms with E-state index in [1.165, 1.54) is 11.3 Å². The lowest BCUT2D eigenvalue weighted by Gasteiger charge is -2.29. The Labute approximate surface area is 186 Å². The first kappa shape index (κ1) is 19.1. The van der Waals surface area contributed by atoms with E-state index in [2.05, 4.69) is 15.9 Å². The van der Waals surface area contributed by atoms with Crippen LogP contribution in [-0.2, 0) is 11.3 Å². The number of rotatable bonds is 4. The van der Waals surface area contributed by atoms with Crippen molar-refractivity contribution in [3.05, 3.63) is 82.8 Å². The smallest absolute Gasteiger partial charge is 0.273 e. The molecule has 1 aliphatic rings. The highest BCUT2D eigenvalue weighted by molar-refractivity contribution is 9.10. The van der Waals surface area contributed by atoms with Crippen LogP contribution in [0.3, 0.4) is 0 Å². The molecule has 1 unspecified atom stereocenters. The summed E-state index contributed by atoms with van der Waals surface area (Å²) in [7, 11) is 0. The molecule has 0 radical (unpaired) electrons. The van der Waals surface area contributed by atoms with Crippen LogP contribution in [0.1, 0.15) is 5.56 Å². The van der Waals surface area contributed by atoms with E-state index in [0.717, 1.165) is 20.3 Å². The number of carbonyl (C=O) groups is 1. The zero-order valence-electron chi connectivity index (χ0n) is 15.8. The fraction of sp³-hybridized carbons (Fsp3) is 0.130. The lowest BCUT2D eigenvalue weighted by Crippen LogP contribution is -2.46. The molecule has 1 amide bonds. The molecule has 3 aromatic carbocycles. The van der Waals surface area contributed by atoms with Gasteiger partial charge in [0.2, 0.25) is 6.10 Å². The molecule has 0 fully saturated rings. The Kier molecular flexibility index (Phi) is 5.14. The number of carbonyl (C=O) groups excluding carboxylic acids is 1. The number of para-hydroxylation sites is 2. The minimum absolute atomic E-state index is 0.164. The molecule has 4 aromatic rings. The number of halogens is 1. The summed E-state index contributed by atoms with van der Waals surface area (Å²) in [6, 6.07) is 23.2. The van der Waals surface area contributed by atoms with Crippen molar-refractivity contribution in [3.8, 4) is 11.5 Å². The molecule has 0 bridgehead atoms. The summed E-state index contributed by atoms with van der Waals surface area (Å²) in [4.78, 5) is 19.9. The highest BCUT2D eigenvalue weighted by Crippen LogP contribution is 2.34. The SMILES string of the molecule is O=C(C1COc2ccccc2O1)N(Cc1ccccc1)c1nc2ccc(Br)cc2s1. The number of nitrogens with zero attached hydrogens (tertiary/aromatic N) is 2. The van der Waals surface area contributed by atoms with Crippen LogP contribution in [0.25, 0.3) is 10.2 Å². The average molecular weight is 481 g/mol. The molecule has 150 valence electrons. The molecule has 2 heterocycles. The van der Waals surface area contributed by atoms with Crippen LogP contribution < -0.4 is 14.4 Å². The average Bonchev–Trinajstić information content (AvgIpc) is 3.20. The molecule has 1 atom stereocenters. The van der Waals surface area contributed by atoms with E-state index in [9.17, 15) is 4.79 Å². The van der Waals surface area contributed by atoms with Gasteiger partial charge in [0, 0.05) is 4.47 Å². The number of hydrogen-bond acceptors (Lipinski definition) is 5. The number of fused-ring (bicyclic) bond motifs is 2. The second kappa shape index (κ2) is 8.08. The Balaban J connectivity index is 1.49. The minimum Gasteiger partial charge on any atom is -0.485 e. The quantitative estimate of drug-likeness (QED) is 0.390. The molecule has 30 heavy (non-hydrogen) atoms. The molecule has 0 spiro atoms. The van der Waals surface area contributed by atoms with Crippen LogP contribution in [0.5, 0.6) is 11.5 Å². The number of benzene rings is 3. The van der Waals surface area contributed by atoms with Gasteiger partial charge >= 0.3 is 0 Å². The van der Waals surface area contributed by atoms with Crippen LogP contribution in [-0.4, -0.2) is 23.6 Å². The van der Waals surface area contributed by atoms with Gasteiger partial charge in [-0.05, 0) is 35.9 Å². The maximum Gasteiger partial charge on any atom is 0.273 e. The molecule has 0 saturated heterocycles. The second-order valence-electron chi connectivity index (χ2n) is 6.88. The molecular weight excluding hydrogens is 464 g/mol. The largest absolute Gasteiger partial charge is 0.485 e. The monoisotopic (exact) mass is 480 g/mol. The summed E-state index contributed by atoms with van der Waals surface area (Å²) < 4.78 is 13.7. The van der Waals surface area contributed by atoms with Crippen molar-refractivity contribution >= 4 is 48.5 Å². The van der Waals surface area contributed by atoms with Crippen molar-refractivity contribution in [3.63, 3.8) is 0 Å². The predicted molar refractivity (Wildman–Crippen MR) is 121 cm³/mol. The first-order valence-corrected chi connectivity index (χ1v) is 11.1. The molecule has 1 aliphatic heterocycles. The van der Waals surface area contributed by atoms with Crippen LogP contribution in [0.15, 0.2) is 77.3 Å². The highest BCUT2D eigenvalue weighted by Gasteiger charge is 2.33. The van der Waals surface area contributed by atoms with E-state index in [1.807, 2.05) is 72.8 Å². The van der Waals surface area contributed by atoms with Crippen LogP contribution in [0, 0.1) is 0 Å². The van der Waals surface area contributed by atoms with Crippen molar-refractivity contribution in [1.82, 2.24) is 4.98 Å². The fourth-order valence-corrected chi connectivity index (χ4v) is 4.84. The second-order valence-corrected chi connectivity index (χ2v) is 8.81. The van der Waals surface area contributed by atoms with Gasteiger partial charge in [0.05, 0.1) is 16.8 Å². The lowest BCUT2D eigenvalue weighted by molar-refractivity contribution is -0.127. The number of aromatic nitrogens is 1. The van der Waals surface area contributed by atoms with Gasteiger partial charge in [-0.3, -0.25) is 9.69 Å². The maximum atomic E-state index is 13.5. The van der Waals surface area contributed by atoms with Gasteiger partial charge in [-0.15, -0.1) is 0 Å². The first-order chi connectivity index (χ1) is 14.7. The van der Waals surface area contributed by atoms with E-state index in [0.29, 0.717) is 23.2 Å². The van der Waals surface area contributed by atoms with E-state index in [4.69, 9.17) is 14.5 Å². The van der Waals surface area contributed by atoms with Crippen molar-refractivity contribution in [2.45, 2.75) is 12.6 Å². The van der Waals surface area contributed by atoms with Gasteiger partial charge in [0.15, 0.2) is 16.6 Å². The standard InChI is InChI=1S/C23H17BrN2O3S/c24-16-10-11-17-21(12-16)30-23(25-17)26(13-15-6-2-1-3-7-15)22(27)20-14-28-18-8-4-5-9-19(18)29-20/h1-12,20H,13-14H2. The number of thiazole rings is 1. The van der Waals surface area contributed by atoms with E-state index in [-0.39, 0.29) is 12.5 Å². The number of ether oxygens (including phenoxy) is 2. The fourth-order valence-electron chi connectivity index (χ4n) is 3.32. The van der Waals surface area contributed by atoms with E-state index in [1.54, 1.807) is 4.90 Å². The Morgan fingerprint density at radius 1 is 1.07 bits per heavy atom. The lowest BCUT2D eigenvalue weighted by atomic mass is 10.2. The Morgan fingerprint density at radius 2 is 1.83 bits per heavy atom. The predicted octanol–water partition coefficient (Wildman–Crippen LogP) is 5.43. The van der Waals surface area contributed by atoms with E-state index >= 15 is 0 Å². The summed E-state index contributed by atoms with van der Waals surface area (Å²) in [6.07, 6.45) is -0.734. The molecule has 5 rings (SSSR count). The van der Waals surface area contributed by atoms with Gasteiger partial charge in [0.1, 0.15) is 6.61 Å². The van der Waals surface area contributed by atoms with Gasteiger partial charge in [0.25, 0.3) is 5.91 Å². The van der Waals surface area contributed by atoms with Gasteiger partial charge in [-0.25, -0.2) is 4.98 Å². The summed E-state index contributed by atoms with van der Waals surface area (Å²) in [5.74, 6) is 1.06. The third-order valence-corrected chi connectivity index (χ3v) is 6.34. The molecule has 1 aromatic heterocycles. The number of hydrogen-bond donors (Lipinski definition) is 0. The van der Waals surface area contributed by atoms with Crippen LogP contribution in [0.4, 0.5) is 5.13 Å². The minimum atomic E-state index is -0.734. The third-order valence-electron chi connectivity index (χ3n) is 4.80. The summed E-state index contributed by atoms with van der Waals surface area (Å²) in [5.41, 5.74) is 1.87. The molecular formula is C23H17BrN2O3S.